The van der Waals surface area contributed by atoms with E-state index in [4.69, 9.17) is 28.4 Å². The third-order valence-electron chi connectivity index (χ3n) is 7.31. The van der Waals surface area contributed by atoms with Gasteiger partial charge in [-0.25, -0.2) is 0 Å². The smallest absolute Gasteiger partial charge is 0.231 e. The van der Waals surface area contributed by atoms with Gasteiger partial charge in [0.15, 0.2) is 28.7 Å². The van der Waals surface area contributed by atoms with Crippen molar-refractivity contribution in [1.29, 1.82) is 0 Å². The lowest BCUT2D eigenvalue weighted by atomic mass is 9.73. The van der Waals surface area contributed by atoms with Crippen molar-refractivity contribution in [2.75, 3.05) is 41.2 Å². The van der Waals surface area contributed by atoms with Crippen molar-refractivity contribution in [2.24, 2.45) is 5.92 Å². The van der Waals surface area contributed by atoms with Gasteiger partial charge in [-0.2, -0.15) is 0 Å². The van der Waals surface area contributed by atoms with Gasteiger partial charge in [0.25, 0.3) is 0 Å². The lowest BCUT2D eigenvalue weighted by molar-refractivity contribution is -0.114. The molecule has 0 amide bonds. The fourth-order valence-corrected chi connectivity index (χ4v) is 5.48. The topological polar surface area (TPSA) is 58.6 Å². The Morgan fingerprint density at radius 1 is 0.875 bits per heavy atom. The summed E-state index contributed by atoms with van der Waals surface area (Å²) in [5, 5.41) is 0. The fraction of sp³-hybridized carbons (Fsp3) is 0.520. The van der Waals surface area contributed by atoms with Gasteiger partial charge in [0.2, 0.25) is 12.5 Å². The van der Waals surface area contributed by atoms with E-state index in [-0.39, 0.29) is 18.6 Å². The van der Waals surface area contributed by atoms with Crippen LogP contribution in [0.2, 0.25) is 0 Å². The van der Waals surface area contributed by atoms with E-state index in [9.17, 15) is 0 Å². The second-order valence-corrected chi connectivity index (χ2v) is 8.78. The summed E-state index contributed by atoms with van der Waals surface area (Å²) in [6.45, 7) is 6.73. The quantitative estimate of drug-likeness (QED) is 0.681. The van der Waals surface area contributed by atoms with E-state index in [0.29, 0.717) is 17.2 Å². The van der Waals surface area contributed by atoms with Gasteiger partial charge in [-0.15, -0.1) is 0 Å². The van der Waals surface area contributed by atoms with E-state index >= 15 is 0 Å². The predicted octanol–water partition coefficient (Wildman–Crippen LogP) is 4.41. The maximum Gasteiger partial charge on any atom is 0.231 e. The summed E-state index contributed by atoms with van der Waals surface area (Å²) in [6, 6.07) is 8.04. The molecule has 7 heteroatoms. The minimum atomic E-state index is -0.472. The van der Waals surface area contributed by atoms with Crippen LogP contribution in [0.3, 0.4) is 0 Å². The summed E-state index contributed by atoms with van der Waals surface area (Å²) in [6.07, 6.45) is 2.37. The van der Waals surface area contributed by atoms with Crippen molar-refractivity contribution in [3.8, 4) is 34.5 Å². The number of nitrogens with zero attached hydrogens (tertiary/aromatic N) is 1. The number of hydrogen-bond donors (Lipinski definition) is 0. The molecule has 0 saturated carbocycles. The van der Waals surface area contributed by atoms with Crippen LogP contribution >= 0.6 is 0 Å². The normalized spacial score (nSPS) is 26.4. The van der Waals surface area contributed by atoms with Gasteiger partial charge in [0.1, 0.15) is 5.75 Å². The highest BCUT2D eigenvalue weighted by Crippen LogP contribution is 2.56. The molecule has 0 bridgehead atoms. The maximum atomic E-state index is 6.76. The lowest BCUT2D eigenvalue weighted by Crippen LogP contribution is -2.57. The number of likely N-dealkylation sites (tertiary alicyclic amines) is 1. The number of ether oxygens (including phenoxy) is 6. The Morgan fingerprint density at radius 3 is 2.22 bits per heavy atom. The Balaban J connectivity index is 1.72. The van der Waals surface area contributed by atoms with E-state index in [1.807, 2.05) is 12.1 Å². The van der Waals surface area contributed by atoms with E-state index in [1.165, 1.54) is 12.8 Å². The molecule has 3 aliphatic rings. The van der Waals surface area contributed by atoms with Crippen LogP contribution in [0.5, 0.6) is 34.5 Å². The molecule has 5 rings (SSSR count). The van der Waals surface area contributed by atoms with E-state index < -0.39 is 5.72 Å². The average Bonchev–Trinajstić information content (AvgIpc) is 3.50. The summed E-state index contributed by atoms with van der Waals surface area (Å²) in [7, 11) is 4.94. The van der Waals surface area contributed by atoms with Crippen molar-refractivity contribution in [2.45, 2.75) is 38.3 Å². The zero-order chi connectivity index (χ0) is 22.5. The van der Waals surface area contributed by atoms with E-state index in [2.05, 4.69) is 30.9 Å². The highest BCUT2D eigenvalue weighted by atomic mass is 16.7. The highest BCUT2D eigenvalue weighted by molar-refractivity contribution is 5.62. The summed E-state index contributed by atoms with van der Waals surface area (Å²) >= 11 is 0. The Bertz CT molecular complexity index is 1020. The highest BCUT2D eigenvalue weighted by Gasteiger charge is 2.50. The van der Waals surface area contributed by atoms with Crippen LogP contribution in [0.4, 0.5) is 0 Å². The number of fused-ring (bicyclic) bond motifs is 2. The minimum Gasteiger partial charge on any atom is -0.493 e. The van der Waals surface area contributed by atoms with Crippen LogP contribution in [0.25, 0.3) is 0 Å². The predicted molar refractivity (Wildman–Crippen MR) is 120 cm³/mol. The summed E-state index contributed by atoms with van der Waals surface area (Å²) in [5.41, 5.74) is 1.62. The first-order valence-corrected chi connectivity index (χ1v) is 11.2. The van der Waals surface area contributed by atoms with Crippen LogP contribution in [0, 0.1) is 5.92 Å². The van der Waals surface area contributed by atoms with Crippen molar-refractivity contribution in [1.82, 2.24) is 4.90 Å². The van der Waals surface area contributed by atoms with E-state index in [1.54, 1.807) is 21.3 Å². The monoisotopic (exact) mass is 441 g/mol. The molecular formula is C25H31NO6. The second kappa shape index (κ2) is 7.96. The fourth-order valence-electron chi connectivity index (χ4n) is 5.48. The zero-order valence-corrected chi connectivity index (χ0v) is 19.4. The van der Waals surface area contributed by atoms with Gasteiger partial charge < -0.3 is 28.4 Å². The zero-order valence-electron chi connectivity index (χ0n) is 19.4. The van der Waals surface area contributed by atoms with Gasteiger partial charge in [-0.05, 0) is 31.9 Å². The Hall–Kier alpha value is -2.80. The summed E-state index contributed by atoms with van der Waals surface area (Å²) < 4.78 is 35.3. The van der Waals surface area contributed by atoms with Gasteiger partial charge in [0.05, 0.1) is 21.3 Å². The molecule has 3 aliphatic heterocycles. The molecule has 1 saturated heterocycles. The summed E-state index contributed by atoms with van der Waals surface area (Å²) in [4.78, 5) is 2.46. The molecule has 0 aromatic heterocycles. The van der Waals surface area contributed by atoms with Crippen molar-refractivity contribution >= 4 is 0 Å². The number of methoxy groups -OCH3 is 3. The number of hydrogen-bond acceptors (Lipinski definition) is 7. The van der Waals surface area contributed by atoms with E-state index in [0.717, 1.165) is 41.5 Å². The molecule has 0 spiro atoms. The van der Waals surface area contributed by atoms with Gasteiger partial charge in [-0.1, -0.05) is 13.0 Å². The first kappa shape index (κ1) is 21.1. The molecule has 3 heterocycles. The molecule has 2 aromatic rings. The van der Waals surface area contributed by atoms with Gasteiger partial charge in [0, 0.05) is 42.1 Å². The molecule has 7 nitrogen and oxygen atoms in total. The Morgan fingerprint density at radius 2 is 1.56 bits per heavy atom. The first-order valence-electron chi connectivity index (χ1n) is 11.2. The molecule has 32 heavy (non-hydrogen) atoms. The molecule has 3 atom stereocenters. The maximum absolute atomic E-state index is 6.76. The van der Waals surface area contributed by atoms with Crippen LogP contribution in [0.15, 0.2) is 24.3 Å². The average molecular weight is 442 g/mol. The standard InChI is InChI=1S/C25H31NO6/c1-15-22(16-8-9-18(27-3)24(29-5)23(16)28-4)17-12-20-21(31-14-30-20)13-19(17)32-25(15,2)26-10-6-7-11-26/h8-9,12-13,15,22H,6-7,10-11,14H2,1-5H3/t15-,22+,25-/m1/s1. The second-order valence-electron chi connectivity index (χ2n) is 8.78. The molecule has 0 radical (unpaired) electrons. The molecule has 0 unspecified atom stereocenters. The third-order valence-corrected chi connectivity index (χ3v) is 7.31. The largest absolute Gasteiger partial charge is 0.493 e. The van der Waals surface area contributed by atoms with Crippen LogP contribution in [0.1, 0.15) is 43.7 Å². The third kappa shape index (κ3) is 3.05. The minimum absolute atomic E-state index is 0.00592. The molecule has 0 aliphatic carbocycles. The Kier molecular flexibility index (Phi) is 5.24. The number of benzene rings is 2. The SMILES string of the molecule is COc1ccc([C@H]2c3cc4c(cc3O[C@@](C)(N3CCCC3)[C@@H]2C)OCO4)c(OC)c1OC. The molecule has 0 N–H and O–H groups in total. The van der Waals surface area contributed by atoms with Gasteiger partial charge >= 0.3 is 0 Å². The number of rotatable bonds is 5. The molecule has 2 aromatic carbocycles. The van der Waals surface area contributed by atoms with Gasteiger partial charge in [-0.3, -0.25) is 4.90 Å². The van der Waals surface area contributed by atoms with Crippen LogP contribution in [-0.2, 0) is 0 Å². The van der Waals surface area contributed by atoms with Crippen molar-refractivity contribution < 1.29 is 28.4 Å². The van der Waals surface area contributed by atoms with Crippen molar-refractivity contribution in [3.63, 3.8) is 0 Å². The summed E-state index contributed by atoms with van der Waals surface area (Å²) in [5.74, 6) is 4.32. The van der Waals surface area contributed by atoms with Crippen LogP contribution < -0.4 is 28.4 Å². The van der Waals surface area contributed by atoms with Crippen LogP contribution in [-0.4, -0.2) is 51.8 Å². The first-order chi connectivity index (χ1) is 15.5. The van der Waals surface area contributed by atoms with Crippen molar-refractivity contribution in [3.05, 3.63) is 35.4 Å². The molecule has 1 fully saturated rings. The molecule has 172 valence electrons. The molecular weight excluding hydrogens is 410 g/mol. The Labute approximate surface area is 189 Å². The lowest BCUT2D eigenvalue weighted by Gasteiger charge is -2.50.